The Labute approximate surface area is 98.5 Å². The van der Waals surface area contributed by atoms with E-state index in [9.17, 15) is 4.79 Å². The Balaban J connectivity index is 2.29. The van der Waals surface area contributed by atoms with Crippen molar-refractivity contribution < 1.29 is 9.53 Å². The molecule has 1 aliphatic heterocycles. The van der Waals surface area contributed by atoms with Crippen LogP contribution >= 0.6 is 0 Å². The van der Waals surface area contributed by atoms with Crippen LogP contribution in [0.2, 0.25) is 0 Å². The zero-order valence-electron chi connectivity index (χ0n) is 11.0. The first-order valence-electron chi connectivity index (χ1n) is 5.98. The first kappa shape index (κ1) is 13.5. The Morgan fingerprint density at radius 2 is 1.88 bits per heavy atom. The summed E-state index contributed by atoms with van der Waals surface area (Å²) < 4.78 is 5.23. The maximum atomic E-state index is 11.9. The molecule has 0 spiro atoms. The van der Waals surface area contributed by atoms with Crippen molar-refractivity contribution in [2.45, 2.75) is 32.7 Å². The minimum atomic E-state index is 0.130. The van der Waals surface area contributed by atoms with Gasteiger partial charge in [0.2, 0.25) is 5.91 Å². The molecule has 0 aromatic carbocycles. The van der Waals surface area contributed by atoms with E-state index in [1.54, 1.807) is 0 Å². The molecular weight excluding hydrogens is 204 g/mol. The summed E-state index contributed by atoms with van der Waals surface area (Å²) in [5, 5.41) is 0. The summed E-state index contributed by atoms with van der Waals surface area (Å²) in [6, 6.07) is 0. The van der Waals surface area contributed by atoms with Gasteiger partial charge in [-0.3, -0.25) is 4.79 Å². The largest absolute Gasteiger partial charge is 0.378 e. The van der Waals surface area contributed by atoms with Gasteiger partial charge in [0.1, 0.15) is 0 Å². The Hall–Kier alpha value is -0.610. The predicted octanol–water partition coefficient (Wildman–Crippen LogP) is 0.966. The van der Waals surface area contributed by atoms with Gasteiger partial charge in [-0.15, -0.1) is 0 Å². The zero-order valence-corrected chi connectivity index (χ0v) is 11.0. The summed E-state index contributed by atoms with van der Waals surface area (Å²) in [4.78, 5) is 16.0. The summed E-state index contributed by atoms with van der Waals surface area (Å²) in [5.74, 6) is 0.249. The minimum Gasteiger partial charge on any atom is -0.378 e. The van der Waals surface area contributed by atoms with Crippen molar-refractivity contribution in [1.29, 1.82) is 0 Å². The molecule has 0 bridgehead atoms. The molecule has 0 aromatic rings. The number of carbonyl (C=O) groups is 1. The summed E-state index contributed by atoms with van der Waals surface area (Å²) in [5.41, 5.74) is 0.130. The lowest BCUT2D eigenvalue weighted by molar-refractivity contribution is -0.135. The highest BCUT2D eigenvalue weighted by molar-refractivity contribution is 5.76. The molecule has 1 fully saturated rings. The Morgan fingerprint density at radius 3 is 2.38 bits per heavy atom. The molecule has 4 heteroatoms. The molecule has 4 nitrogen and oxygen atoms in total. The van der Waals surface area contributed by atoms with E-state index in [-0.39, 0.29) is 11.4 Å². The first-order chi connectivity index (χ1) is 7.41. The third kappa shape index (κ3) is 4.10. The van der Waals surface area contributed by atoms with E-state index >= 15 is 0 Å². The van der Waals surface area contributed by atoms with E-state index in [0.29, 0.717) is 19.6 Å². The fourth-order valence-electron chi connectivity index (χ4n) is 1.57. The second-order valence-corrected chi connectivity index (χ2v) is 5.34. The van der Waals surface area contributed by atoms with Crippen LogP contribution in [-0.2, 0) is 9.53 Å². The number of nitrogens with zero attached hydrogens (tertiary/aromatic N) is 2. The number of carbonyl (C=O) groups excluding carboxylic acids is 1. The van der Waals surface area contributed by atoms with Crippen molar-refractivity contribution >= 4 is 5.91 Å². The van der Waals surface area contributed by atoms with E-state index < -0.39 is 0 Å². The molecule has 0 N–H and O–H groups in total. The van der Waals surface area contributed by atoms with Gasteiger partial charge in [-0.2, -0.15) is 0 Å². The maximum Gasteiger partial charge on any atom is 0.224 e. The van der Waals surface area contributed by atoms with E-state index in [1.807, 2.05) is 4.90 Å². The van der Waals surface area contributed by atoms with Crippen LogP contribution in [0.1, 0.15) is 27.2 Å². The summed E-state index contributed by atoms with van der Waals surface area (Å²) in [7, 11) is 2.06. The first-order valence-corrected chi connectivity index (χ1v) is 5.98. The van der Waals surface area contributed by atoms with Crippen LogP contribution in [0.5, 0.6) is 0 Å². The van der Waals surface area contributed by atoms with Crippen molar-refractivity contribution in [3.63, 3.8) is 0 Å². The van der Waals surface area contributed by atoms with Gasteiger partial charge in [-0.05, 0) is 27.8 Å². The second kappa shape index (κ2) is 5.64. The van der Waals surface area contributed by atoms with Crippen molar-refractivity contribution in [2.75, 3.05) is 39.9 Å². The van der Waals surface area contributed by atoms with Gasteiger partial charge in [0.15, 0.2) is 0 Å². The third-order valence-corrected chi connectivity index (χ3v) is 3.17. The van der Waals surface area contributed by atoms with E-state index in [0.717, 1.165) is 19.6 Å². The molecule has 0 atom stereocenters. The van der Waals surface area contributed by atoms with Gasteiger partial charge >= 0.3 is 0 Å². The molecule has 0 aliphatic carbocycles. The van der Waals surface area contributed by atoms with Crippen molar-refractivity contribution in [3.8, 4) is 0 Å². The topological polar surface area (TPSA) is 32.8 Å². The van der Waals surface area contributed by atoms with Crippen LogP contribution in [0.25, 0.3) is 0 Å². The standard InChI is InChI=1S/C12H24N2O2/c1-12(2,3)13(4)6-5-11(15)14-7-9-16-10-8-14/h5-10H2,1-4H3. The van der Waals surface area contributed by atoms with E-state index in [4.69, 9.17) is 4.74 Å². The molecule has 1 aliphatic rings. The molecule has 1 amide bonds. The molecule has 0 aromatic heterocycles. The van der Waals surface area contributed by atoms with Crippen LogP contribution in [0.15, 0.2) is 0 Å². The number of rotatable bonds is 3. The number of amides is 1. The monoisotopic (exact) mass is 228 g/mol. The van der Waals surface area contributed by atoms with Crippen LogP contribution in [0.3, 0.4) is 0 Å². The third-order valence-electron chi connectivity index (χ3n) is 3.17. The number of morpholine rings is 1. The molecule has 1 saturated heterocycles. The van der Waals surface area contributed by atoms with Gasteiger partial charge < -0.3 is 14.5 Å². The fourth-order valence-corrected chi connectivity index (χ4v) is 1.57. The lowest BCUT2D eigenvalue weighted by Gasteiger charge is -2.33. The molecule has 94 valence electrons. The number of hydrogen-bond donors (Lipinski definition) is 0. The van der Waals surface area contributed by atoms with Crippen molar-refractivity contribution in [2.24, 2.45) is 0 Å². The molecular formula is C12H24N2O2. The normalized spacial score (nSPS) is 17.9. The highest BCUT2D eigenvalue weighted by Crippen LogP contribution is 2.11. The van der Waals surface area contributed by atoms with Gasteiger partial charge in [-0.25, -0.2) is 0 Å². The van der Waals surface area contributed by atoms with Crippen LogP contribution in [0.4, 0.5) is 0 Å². The smallest absolute Gasteiger partial charge is 0.224 e. The quantitative estimate of drug-likeness (QED) is 0.721. The Kier molecular flexibility index (Phi) is 4.74. The van der Waals surface area contributed by atoms with Crippen LogP contribution < -0.4 is 0 Å². The van der Waals surface area contributed by atoms with E-state index in [2.05, 4.69) is 32.7 Å². The van der Waals surface area contributed by atoms with Crippen LogP contribution in [-0.4, -0.2) is 61.1 Å². The maximum absolute atomic E-state index is 11.9. The molecule has 1 rings (SSSR count). The average Bonchev–Trinajstić information content (AvgIpc) is 2.25. The summed E-state index contributed by atoms with van der Waals surface area (Å²) in [6.07, 6.45) is 0.605. The Bertz CT molecular complexity index is 230. The zero-order chi connectivity index (χ0) is 12.2. The van der Waals surface area contributed by atoms with Crippen molar-refractivity contribution in [3.05, 3.63) is 0 Å². The average molecular weight is 228 g/mol. The fraction of sp³-hybridized carbons (Fsp3) is 0.917. The second-order valence-electron chi connectivity index (χ2n) is 5.34. The molecule has 1 heterocycles. The molecule has 16 heavy (non-hydrogen) atoms. The predicted molar refractivity (Wildman–Crippen MR) is 64.4 cm³/mol. The Morgan fingerprint density at radius 1 is 1.31 bits per heavy atom. The minimum absolute atomic E-state index is 0.130. The summed E-state index contributed by atoms with van der Waals surface area (Å²) in [6.45, 7) is 10.2. The molecule has 0 saturated carbocycles. The SMILES string of the molecule is CN(CCC(=O)N1CCOCC1)C(C)(C)C. The molecule has 0 unspecified atom stereocenters. The summed E-state index contributed by atoms with van der Waals surface area (Å²) >= 11 is 0. The number of hydrogen-bond acceptors (Lipinski definition) is 3. The van der Waals surface area contributed by atoms with Gasteiger partial charge in [0, 0.05) is 31.6 Å². The van der Waals surface area contributed by atoms with Crippen LogP contribution in [0, 0.1) is 0 Å². The van der Waals surface area contributed by atoms with E-state index in [1.165, 1.54) is 0 Å². The highest BCUT2D eigenvalue weighted by atomic mass is 16.5. The van der Waals surface area contributed by atoms with Gasteiger partial charge in [-0.1, -0.05) is 0 Å². The number of ether oxygens (including phenoxy) is 1. The lowest BCUT2D eigenvalue weighted by Crippen LogP contribution is -2.44. The van der Waals surface area contributed by atoms with Crippen molar-refractivity contribution in [1.82, 2.24) is 9.80 Å². The highest BCUT2D eigenvalue weighted by Gasteiger charge is 2.20. The van der Waals surface area contributed by atoms with Gasteiger partial charge in [0.25, 0.3) is 0 Å². The molecule has 0 radical (unpaired) electrons. The van der Waals surface area contributed by atoms with Gasteiger partial charge in [0.05, 0.1) is 13.2 Å². The lowest BCUT2D eigenvalue weighted by atomic mass is 10.1.